The van der Waals surface area contributed by atoms with Gasteiger partial charge in [0.1, 0.15) is 29.8 Å². The molecule has 192 valence electrons. The first-order chi connectivity index (χ1) is 18.6. The van der Waals surface area contributed by atoms with Crippen LogP contribution in [-0.4, -0.2) is 59.4 Å². The minimum atomic E-state index is -0.508. The van der Waals surface area contributed by atoms with E-state index >= 15 is 0 Å². The summed E-state index contributed by atoms with van der Waals surface area (Å²) in [6.07, 6.45) is 4.93. The molecule has 1 aromatic heterocycles. The fourth-order valence-electron chi connectivity index (χ4n) is 3.64. The SMILES string of the molecule is COc1ccc(OCCOc2ccc(/C=C3/C(=N)N4N=C(c5cccnc5)SC4=NC3=O)cc2OC)cc1. The second kappa shape index (κ2) is 11.2. The van der Waals surface area contributed by atoms with Crippen molar-refractivity contribution in [3.8, 4) is 23.0 Å². The van der Waals surface area contributed by atoms with Gasteiger partial charge in [0.15, 0.2) is 17.3 Å². The maximum atomic E-state index is 12.8. The topological polar surface area (TPSA) is 119 Å². The standard InChI is InChI=1S/C27H23N5O5S/c1-34-19-6-8-20(9-7-19)36-12-13-37-22-10-5-17(15-23(22)35-2)14-21-24(28)32-27(30-25(21)33)38-26(31-32)18-4-3-11-29-16-18/h3-11,14-16,28H,12-13H2,1-2H3/b21-14-,28-24?. The summed E-state index contributed by atoms with van der Waals surface area (Å²) in [6, 6.07) is 16.2. The first kappa shape index (κ1) is 25.0. The van der Waals surface area contributed by atoms with E-state index < -0.39 is 5.91 Å². The molecule has 1 amide bonds. The van der Waals surface area contributed by atoms with Crippen molar-refractivity contribution < 1.29 is 23.7 Å². The van der Waals surface area contributed by atoms with E-state index in [2.05, 4.69) is 15.1 Å². The monoisotopic (exact) mass is 529 g/mol. The fourth-order valence-corrected chi connectivity index (χ4v) is 4.52. The number of amides is 1. The number of aromatic nitrogens is 1. The van der Waals surface area contributed by atoms with E-state index in [9.17, 15) is 4.79 Å². The summed E-state index contributed by atoms with van der Waals surface area (Å²) in [5.74, 6) is 1.92. The van der Waals surface area contributed by atoms with E-state index in [4.69, 9.17) is 24.4 Å². The molecule has 2 aliphatic rings. The fraction of sp³-hybridized carbons (Fsp3) is 0.148. The number of nitrogens with one attached hydrogen (secondary N) is 1. The third-order valence-corrected chi connectivity index (χ3v) is 6.49. The van der Waals surface area contributed by atoms with Crippen molar-refractivity contribution in [2.45, 2.75) is 0 Å². The molecular weight excluding hydrogens is 506 g/mol. The molecule has 0 bridgehead atoms. The average Bonchev–Trinajstić information content (AvgIpc) is 3.39. The van der Waals surface area contributed by atoms with Crippen molar-refractivity contribution >= 4 is 39.8 Å². The number of carbonyl (C=O) groups excluding carboxylic acids is 1. The van der Waals surface area contributed by atoms with Crippen molar-refractivity contribution in [1.29, 1.82) is 5.41 Å². The quantitative estimate of drug-likeness (QED) is 0.323. The van der Waals surface area contributed by atoms with Gasteiger partial charge in [0.05, 0.1) is 19.8 Å². The number of hydrazone groups is 1. The van der Waals surface area contributed by atoms with Crippen LogP contribution in [0.2, 0.25) is 0 Å². The first-order valence-electron chi connectivity index (χ1n) is 11.5. The van der Waals surface area contributed by atoms with Gasteiger partial charge in [-0.2, -0.15) is 15.1 Å². The van der Waals surface area contributed by atoms with Crippen LogP contribution in [0.4, 0.5) is 0 Å². The molecule has 0 aliphatic carbocycles. The van der Waals surface area contributed by atoms with Crippen LogP contribution in [-0.2, 0) is 4.79 Å². The summed E-state index contributed by atoms with van der Waals surface area (Å²) in [7, 11) is 3.15. The number of hydrogen-bond acceptors (Lipinski definition) is 9. The predicted octanol–water partition coefficient (Wildman–Crippen LogP) is 4.22. The van der Waals surface area contributed by atoms with Gasteiger partial charge in [0.2, 0.25) is 5.17 Å². The number of nitrogens with zero attached hydrogens (tertiary/aromatic N) is 4. The van der Waals surface area contributed by atoms with Crippen LogP contribution in [0, 0.1) is 5.41 Å². The zero-order valence-corrected chi connectivity index (χ0v) is 21.4. The number of aliphatic imine (C=N–C) groups is 1. The van der Waals surface area contributed by atoms with Crippen LogP contribution in [0.25, 0.3) is 6.08 Å². The van der Waals surface area contributed by atoms with Gasteiger partial charge in [-0.3, -0.25) is 15.2 Å². The van der Waals surface area contributed by atoms with Gasteiger partial charge >= 0.3 is 0 Å². The lowest BCUT2D eigenvalue weighted by Gasteiger charge is -2.20. The third kappa shape index (κ3) is 5.37. The van der Waals surface area contributed by atoms with E-state index in [-0.39, 0.29) is 11.4 Å². The van der Waals surface area contributed by atoms with Crippen molar-refractivity contribution in [3.63, 3.8) is 0 Å². The molecule has 38 heavy (non-hydrogen) atoms. The highest BCUT2D eigenvalue weighted by Gasteiger charge is 2.36. The molecule has 3 aromatic rings. The van der Waals surface area contributed by atoms with Gasteiger partial charge in [-0.25, -0.2) is 0 Å². The maximum absolute atomic E-state index is 12.8. The molecule has 3 heterocycles. The predicted molar refractivity (Wildman–Crippen MR) is 145 cm³/mol. The number of benzene rings is 2. The van der Waals surface area contributed by atoms with Gasteiger partial charge in [-0.1, -0.05) is 6.07 Å². The summed E-state index contributed by atoms with van der Waals surface area (Å²) < 4.78 is 22.2. The Morgan fingerprint density at radius 1 is 0.974 bits per heavy atom. The van der Waals surface area contributed by atoms with Crippen molar-refractivity contribution in [3.05, 3.63) is 83.7 Å². The molecule has 0 radical (unpaired) electrons. The summed E-state index contributed by atoms with van der Waals surface area (Å²) in [5, 5.41) is 15.4. The Morgan fingerprint density at radius 3 is 2.50 bits per heavy atom. The minimum Gasteiger partial charge on any atom is -0.497 e. The van der Waals surface area contributed by atoms with Gasteiger partial charge in [0, 0.05) is 18.0 Å². The van der Waals surface area contributed by atoms with Gasteiger partial charge in [-0.15, -0.1) is 0 Å². The van der Waals surface area contributed by atoms with Crippen LogP contribution in [0.15, 0.2) is 82.7 Å². The van der Waals surface area contributed by atoms with Gasteiger partial charge in [0.25, 0.3) is 5.91 Å². The lowest BCUT2D eigenvalue weighted by molar-refractivity contribution is -0.114. The van der Waals surface area contributed by atoms with E-state index in [0.717, 1.165) is 11.3 Å². The number of amidine groups is 2. The Kier molecular flexibility index (Phi) is 7.36. The number of hydrogen-bond donors (Lipinski definition) is 1. The Morgan fingerprint density at radius 2 is 1.76 bits per heavy atom. The maximum Gasteiger partial charge on any atom is 0.283 e. The zero-order valence-electron chi connectivity index (χ0n) is 20.6. The molecule has 0 fully saturated rings. The molecule has 0 saturated heterocycles. The molecule has 11 heteroatoms. The highest BCUT2D eigenvalue weighted by atomic mass is 32.2. The van der Waals surface area contributed by atoms with Crippen molar-refractivity contribution in [1.82, 2.24) is 9.99 Å². The molecular formula is C27H23N5O5S. The largest absolute Gasteiger partial charge is 0.497 e. The lowest BCUT2D eigenvalue weighted by atomic mass is 10.1. The molecule has 2 aromatic carbocycles. The number of ether oxygens (including phenoxy) is 4. The number of methoxy groups -OCH3 is 2. The van der Waals surface area contributed by atoms with Gasteiger partial charge in [-0.05, 0) is 71.9 Å². The third-order valence-electron chi connectivity index (χ3n) is 5.53. The van der Waals surface area contributed by atoms with Crippen LogP contribution in [0.1, 0.15) is 11.1 Å². The zero-order chi connectivity index (χ0) is 26.5. The molecule has 5 rings (SSSR count). The molecule has 0 spiro atoms. The highest BCUT2D eigenvalue weighted by molar-refractivity contribution is 8.27. The van der Waals surface area contributed by atoms with E-state index in [0.29, 0.717) is 46.2 Å². The van der Waals surface area contributed by atoms with Crippen molar-refractivity contribution in [2.24, 2.45) is 10.1 Å². The second-order valence-corrected chi connectivity index (χ2v) is 8.91. The Balaban J connectivity index is 1.26. The second-order valence-electron chi connectivity index (χ2n) is 7.95. The summed E-state index contributed by atoms with van der Waals surface area (Å²) in [6.45, 7) is 0.635. The molecule has 2 aliphatic heterocycles. The normalized spacial score (nSPS) is 15.6. The van der Waals surface area contributed by atoms with Crippen LogP contribution in [0.3, 0.4) is 0 Å². The van der Waals surface area contributed by atoms with E-state index in [1.807, 2.05) is 30.3 Å². The number of pyridine rings is 1. The summed E-state index contributed by atoms with van der Waals surface area (Å²) in [5.41, 5.74) is 1.56. The molecule has 0 unspecified atom stereocenters. The van der Waals surface area contributed by atoms with Crippen LogP contribution < -0.4 is 18.9 Å². The lowest BCUT2D eigenvalue weighted by Crippen LogP contribution is -2.35. The molecule has 1 N–H and O–H groups in total. The Labute approximate surface area is 223 Å². The molecule has 10 nitrogen and oxygen atoms in total. The van der Waals surface area contributed by atoms with Crippen LogP contribution >= 0.6 is 11.8 Å². The van der Waals surface area contributed by atoms with E-state index in [1.54, 1.807) is 49.8 Å². The minimum absolute atomic E-state index is 0.0543. The van der Waals surface area contributed by atoms with E-state index in [1.165, 1.54) is 23.9 Å². The summed E-state index contributed by atoms with van der Waals surface area (Å²) in [4.78, 5) is 21.0. The number of fused-ring (bicyclic) bond motifs is 1. The van der Waals surface area contributed by atoms with Crippen molar-refractivity contribution in [2.75, 3.05) is 27.4 Å². The smallest absolute Gasteiger partial charge is 0.283 e. The van der Waals surface area contributed by atoms with Crippen LogP contribution in [0.5, 0.6) is 23.0 Å². The Bertz CT molecular complexity index is 1450. The number of carbonyl (C=O) groups is 1. The van der Waals surface area contributed by atoms with Gasteiger partial charge < -0.3 is 18.9 Å². The average molecular weight is 530 g/mol. The number of rotatable bonds is 9. The summed E-state index contributed by atoms with van der Waals surface area (Å²) >= 11 is 1.23. The molecule has 0 atom stereocenters. The number of thioether (sulfide) groups is 1. The Hall–Kier alpha value is -4.64. The molecule has 0 saturated carbocycles. The first-order valence-corrected chi connectivity index (χ1v) is 12.4. The highest BCUT2D eigenvalue weighted by Crippen LogP contribution is 2.32.